The number of rotatable bonds is 20. The molecule has 0 aliphatic heterocycles. The van der Waals surface area contributed by atoms with E-state index in [1.807, 2.05) is 97.1 Å². The van der Waals surface area contributed by atoms with Crippen LogP contribution in [-0.4, -0.2) is 63.1 Å². The summed E-state index contributed by atoms with van der Waals surface area (Å²) in [4.78, 5) is 0. The smallest absolute Gasteiger partial charge is 0.161 e. The Balaban J connectivity index is 1.04. The van der Waals surface area contributed by atoms with Crippen molar-refractivity contribution in [2.24, 2.45) is 0 Å². The van der Waals surface area contributed by atoms with Crippen LogP contribution in [0.2, 0.25) is 0 Å². The molecule has 0 atom stereocenters. The van der Waals surface area contributed by atoms with Gasteiger partial charge in [-0.1, -0.05) is 72.8 Å². The SMILES string of the molecule is OCCCOc1cc2ccccc2cc1OCCCOc1cc2ccccc2cc1OCCCOc1cc2ccccc2cc1OCCCO. The van der Waals surface area contributed by atoms with Crippen molar-refractivity contribution in [1.29, 1.82) is 0 Å². The van der Waals surface area contributed by atoms with Crippen LogP contribution in [-0.2, 0) is 0 Å². The summed E-state index contributed by atoms with van der Waals surface area (Å²) in [6, 6.07) is 36.3. The van der Waals surface area contributed by atoms with E-state index in [1.54, 1.807) is 0 Å². The summed E-state index contributed by atoms with van der Waals surface area (Å²) in [7, 11) is 0. The van der Waals surface area contributed by atoms with Crippen molar-refractivity contribution < 1.29 is 38.6 Å². The number of aliphatic hydroxyl groups excluding tert-OH is 2. The third-order valence-corrected chi connectivity index (χ3v) is 8.16. The molecule has 0 amide bonds. The average Bonchev–Trinajstić information content (AvgIpc) is 3.14. The van der Waals surface area contributed by atoms with Gasteiger partial charge in [0.25, 0.3) is 0 Å². The largest absolute Gasteiger partial charge is 0.490 e. The highest BCUT2D eigenvalue weighted by molar-refractivity contribution is 5.87. The minimum Gasteiger partial charge on any atom is -0.490 e. The quantitative estimate of drug-likeness (QED) is 0.0780. The van der Waals surface area contributed by atoms with Gasteiger partial charge in [0.15, 0.2) is 34.5 Å². The van der Waals surface area contributed by atoms with Crippen LogP contribution in [0.25, 0.3) is 32.3 Å². The van der Waals surface area contributed by atoms with Gasteiger partial charge in [0.05, 0.1) is 39.6 Å². The highest BCUT2D eigenvalue weighted by Gasteiger charge is 2.12. The molecular formula is C42H44O8. The van der Waals surface area contributed by atoms with Gasteiger partial charge in [-0.3, -0.25) is 0 Å². The maximum atomic E-state index is 9.19. The molecule has 2 N–H and O–H groups in total. The summed E-state index contributed by atoms with van der Waals surface area (Å²) in [6.07, 6.45) is 2.40. The lowest BCUT2D eigenvalue weighted by molar-refractivity contribution is 0.207. The van der Waals surface area contributed by atoms with Crippen LogP contribution in [0.3, 0.4) is 0 Å². The van der Waals surface area contributed by atoms with Crippen LogP contribution < -0.4 is 28.4 Å². The number of ether oxygens (including phenoxy) is 6. The molecular weight excluding hydrogens is 632 g/mol. The molecule has 0 saturated heterocycles. The van der Waals surface area contributed by atoms with E-state index in [2.05, 4.69) is 12.1 Å². The number of hydrogen-bond acceptors (Lipinski definition) is 8. The molecule has 0 aromatic heterocycles. The van der Waals surface area contributed by atoms with Crippen molar-refractivity contribution in [3.05, 3.63) is 109 Å². The van der Waals surface area contributed by atoms with Crippen molar-refractivity contribution in [2.75, 3.05) is 52.9 Å². The highest BCUT2D eigenvalue weighted by Crippen LogP contribution is 2.35. The molecule has 50 heavy (non-hydrogen) atoms. The Bertz CT molecular complexity index is 1830. The Hall–Kier alpha value is -5.18. The van der Waals surface area contributed by atoms with Gasteiger partial charge in [-0.15, -0.1) is 0 Å². The van der Waals surface area contributed by atoms with Crippen molar-refractivity contribution in [2.45, 2.75) is 25.7 Å². The number of hydrogen-bond donors (Lipinski definition) is 2. The molecule has 0 aliphatic carbocycles. The van der Waals surface area contributed by atoms with Crippen LogP contribution in [0.1, 0.15) is 25.7 Å². The molecule has 0 saturated carbocycles. The third kappa shape index (κ3) is 9.28. The molecule has 6 aromatic rings. The third-order valence-electron chi connectivity index (χ3n) is 8.16. The molecule has 0 fully saturated rings. The average molecular weight is 677 g/mol. The number of benzene rings is 6. The molecule has 8 heteroatoms. The topological polar surface area (TPSA) is 95.8 Å². The van der Waals surface area contributed by atoms with Crippen LogP contribution in [0.15, 0.2) is 109 Å². The summed E-state index contributed by atoms with van der Waals surface area (Å²) in [5.41, 5.74) is 0. The van der Waals surface area contributed by atoms with Gasteiger partial charge in [0.1, 0.15) is 0 Å². The van der Waals surface area contributed by atoms with Crippen molar-refractivity contribution in [3.63, 3.8) is 0 Å². The molecule has 0 heterocycles. The first kappa shape index (κ1) is 34.7. The normalized spacial score (nSPS) is 11.2. The summed E-state index contributed by atoms with van der Waals surface area (Å²) in [6.45, 7) is 2.73. The Kier molecular flexibility index (Phi) is 12.5. The van der Waals surface area contributed by atoms with E-state index in [1.165, 1.54) is 0 Å². The fourth-order valence-electron chi connectivity index (χ4n) is 5.61. The van der Waals surface area contributed by atoms with Gasteiger partial charge >= 0.3 is 0 Å². The zero-order valence-electron chi connectivity index (χ0n) is 28.2. The van der Waals surface area contributed by atoms with E-state index in [0.717, 1.165) is 32.3 Å². The van der Waals surface area contributed by atoms with Gasteiger partial charge in [-0.2, -0.15) is 0 Å². The van der Waals surface area contributed by atoms with E-state index in [9.17, 15) is 10.2 Å². The first-order valence-corrected chi connectivity index (χ1v) is 17.3. The maximum absolute atomic E-state index is 9.19. The van der Waals surface area contributed by atoms with Gasteiger partial charge in [-0.25, -0.2) is 0 Å². The Morgan fingerprint density at radius 2 is 0.500 bits per heavy atom. The van der Waals surface area contributed by atoms with Crippen LogP contribution in [0.4, 0.5) is 0 Å². The standard InChI is InChI=1S/C42H44O8/c43-17-7-19-45-37-25-31-11-1-3-13-33(31)27-39(37)47-21-9-23-49-41-29-35-15-5-6-16-36(35)30-42(41)50-24-10-22-48-40-28-34-14-4-2-12-32(34)26-38(40)46-20-8-18-44/h1-6,11-16,25-30,43-44H,7-10,17-24H2. The summed E-state index contributed by atoms with van der Waals surface area (Å²) < 4.78 is 36.7. The predicted molar refractivity (Wildman–Crippen MR) is 197 cm³/mol. The molecule has 0 unspecified atom stereocenters. The van der Waals surface area contributed by atoms with Crippen molar-refractivity contribution in [3.8, 4) is 34.5 Å². The van der Waals surface area contributed by atoms with E-state index in [0.29, 0.717) is 99.8 Å². The molecule has 6 aromatic carbocycles. The van der Waals surface area contributed by atoms with Gasteiger partial charge < -0.3 is 38.6 Å². The second-order valence-corrected chi connectivity index (χ2v) is 11.9. The minimum atomic E-state index is 0.0731. The lowest BCUT2D eigenvalue weighted by Crippen LogP contribution is -2.09. The van der Waals surface area contributed by atoms with Gasteiger partial charge in [-0.05, 0) is 68.7 Å². The molecule has 260 valence electrons. The van der Waals surface area contributed by atoms with Gasteiger partial charge in [0, 0.05) is 38.9 Å². The fourth-order valence-corrected chi connectivity index (χ4v) is 5.61. The first-order chi connectivity index (χ1) is 24.7. The fraction of sp³-hybridized carbons (Fsp3) is 0.286. The lowest BCUT2D eigenvalue weighted by atomic mass is 10.1. The van der Waals surface area contributed by atoms with Crippen LogP contribution in [0, 0.1) is 0 Å². The zero-order valence-corrected chi connectivity index (χ0v) is 28.2. The number of aliphatic hydroxyl groups is 2. The second kappa shape index (κ2) is 18.0. The Morgan fingerprint density at radius 3 is 0.700 bits per heavy atom. The first-order valence-electron chi connectivity index (χ1n) is 17.3. The molecule has 0 spiro atoms. The molecule has 0 bridgehead atoms. The number of fused-ring (bicyclic) bond motifs is 3. The van der Waals surface area contributed by atoms with Gasteiger partial charge in [0.2, 0.25) is 0 Å². The molecule has 8 nitrogen and oxygen atoms in total. The van der Waals surface area contributed by atoms with E-state index in [4.69, 9.17) is 28.4 Å². The predicted octanol–water partition coefficient (Wildman–Crippen LogP) is 8.36. The molecule has 0 aliphatic rings. The summed E-state index contributed by atoms with van der Waals surface area (Å²) in [5.74, 6) is 4.03. The van der Waals surface area contributed by atoms with E-state index < -0.39 is 0 Å². The second-order valence-electron chi connectivity index (χ2n) is 11.9. The Labute approximate surface area is 292 Å². The van der Waals surface area contributed by atoms with Crippen LogP contribution >= 0.6 is 0 Å². The highest BCUT2D eigenvalue weighted by atomic mass is 16.5. The lowest BCUT2D eigenvalue weighted by Gasteiger charge is -2.16. The minimum absolute atomic E-state index is 0.0731. The monoisotopic (exact) mass is 676 g/mol. The zero-order chi connectivity index (χ0) is 34.4. The molecule has 0 radical (unpaired) electrons. The van der Waals surface area contributed by atoms with Crippen LogP contribution in [0.5, 0.6) is 34.5 Å². The Morgan fingerprint density at radius 1 is 0.300 bits per heavy atom. The van der Waals surface area contributed by atoms with Crippen molar-refractivity contribution >= 4 is 32.3 Å². The summed E-state index contributed by atoms with van der Waals surface area (Å²) in [5, 5.41) is 24.8. The van der Waals surface area contributed by atoms with Crippen molar-refractivity contribution in [1.82, 2.24) is 0 Å². The van der Waals surface area contributed by atoms with E-state index in [-0.39, 0.29) is 13.2 Å². The summed E-state index contributed by atoms with van der Waals surface area (Å²) >= 11 is 0. The van der Waals surface area contributed by atoms with E-state index >= 15 is 0 Å². The molecule has 6 rings (SSSR count). The maximum Gasteiger partial charge on any atom is 0.161 e.